The Hall–Kier alpha value is -2.69. The number of amides is 2. The largest absolute Gasteiger partial charge is 0.333 e. The number of hydrogen-bond acceptors (Lipinski definition) is 3. The van der Waals surface area contributed by atoms with E-state index in [1.165, 1.54) is 0 Å². The third kappa shape index (κ3) is 2.28. The fourth-order valence-electron chi connectivity index (χ4n) is 3.64. The summed E-state index contributed by atoms with van der Waals surface area (Å²) >= 11 is 0. The zero-order chi connectivity index (χ0) is 16.8. The summed E-state index contributed by atoms with van der Waals surface area (Å²) < 4.78 is 0. The molecule has 0 radical (unpaired) electrons. The number of pyridine rings is 1. The van der Waals surface area contributed by atoms with Crippen LogP contribution in [0.4, 0.5) is 5.69 Å². The number of benzene rings is 1. The van der Waals surface area contributed by atoms with Crippen LogP contribution in [0, 0.1) is 6.92 Å². The molecule has 0 aliphatic carbocycles. The van der Waals surface area contributed by atoms with E-state index in [2.05, 4.69) is 4.98 Å². The van der Waals surface area contributed by atoms with Crippen LogP contribution in [-0.2, 0) is 22.7 Å². The Morgan fingerprint density at radius 1 is 1.21 bits per heavy atom. The van der Waals surface area contributed by atoms with E-state index in [9.17, 15) is 9.59 Å². The Bertz CT molecular complexity index is 846. The first-order valence-electron chi connectivity index (χ1n) is 8.13. The number of anilines is 1. The molecule has 5 heteroatoms. The van der Waals surface area contributed by atoms with Gasteiger partial charge in [-0.2, -0.15) is 0 Å². The van der Waals surface area contributed by atoms with Crippen molar-refractivity contribution < 1.29 is 9.59 Å². The molecule has 0 fully saturated rings. The molecule has 1 atom stereocenters. The highest BCUT2D eigenvalue weighted by Gasteiger charge is 2.37. The highest BCUT2D eigenvalue weighted by molar-refractivity contribution is 6.02. The summed E-state index contributed by atoms with van der Waals surface area (Å²) in [5, 5.41) is 0. The van der Waals surface area contributed by atoms with Gasteiger partial charge in [-0.25, -0.2) is 0 Å². The fraction of sp³-hybridized carbons (Fsp3) is 0.316. The van der Waals surface area contributed by atoms with E-state index in [1.807, 2.05) is 48.4 Å². The summed E-state index contributed by atoms with van der Waals surface area (Å²) in [6, 6.07) is 9.72. The Labute approximate surface area is 140 Å². The molecule has 3 heterocycles. The maximum Gasteiger partial charge on any atom is 0.231 e. The van der Waals surface area contributed by atoms with E-state index in [4.69, 9.17) is 0 Å². The first-order chi connectivity index (χ1) is 11.5. The van der Waals surface area contributed by atoms with Gasteiger partial charge in [0.1, 0.15) is 0 Å². The van der Waals surface area contributed by atoms with Crippen molar-refractivity contribution in [3.63, 3.8) is 0 Å². The molecule has 0 saturated carbocycles. The number of hydrogen-bond donors (Lipinski definition) is 0. The van der Waals surface area contributed by atoms with Gasteiger partial charge in [-0.05, 0) is 35.7 Å². The Balaban J connectivity index is 1.64. The summed E-state index contributed by atoms with van der Waals surface area (Å²) in [6.45, 7) is 3.13. The van der Waals surface area contributed by atoms with E-state index in [0.717, 1.165) is 28.1 Å². The van der Waals surface area contributed by atoms with Crippen LogP contribution in [0.2, 0.25) is 0 Å². The Kier molecular flexibility index (Phi) is 3.37. The van der Waals surface area contributed by atoms with Crippen molar-refractivity contribution in [2.75, 3.05) is 11.9 Å². The number of rotatable bonds is 1. The molecule has 24 heavy (non-hydrogen) atoms. The summed E-state index contributed by atoms with van der Waals surface area (Å²) in [6.07, 6.45) is 2.09. The van der Waals surface area contributed by atoms with Gasteiger partial charge in [0.2, 0.25) is 11.8 Å². The molecule has 5 nitrogen and oxygen atoms in total. The molecular formula is C19H19N3O2. The average Bonchev–Trinajstić information content (AvgIpc) is 3.00. The number of aromatic nitrogens is 1. The lowest BCUT2D eigenvalue weighted by atomic mass is 9.88. The minimum Gasteiger partial charge on any atom is -0.333 e. The molecule has 1 unspecified atom stereocenters. The topological polar surface area (TPSA) is 53.5 Å². The molecule has 0 spiro atoms. The van der Waals surface area contributed by atoms with Gasteiger partial charge >= 0.3 is 0 Å². The van der Waals surface area contributed by atoms with E-state index in [1.54, 1.807) is 11.9 Å². The van der Waals surface area contributed by atoms with Crippen LogP contribution in [0.5, 0.6) is 0 Å². The van der Waals surface area contributed by atoms with Crippen LogP contribution in [0.3, 0.4) is 0 Å². The average molecular weight is 321 g/mol. The normalized spacial score (nSPS) is 19.2. The molecule has 2 aliphatic rings. The first-order valence-corrected chi connectivity index (χ1v) is 8.13. The van der Waals surface area contributed by atoms with Gasteiger partial charge in [0.05, 0.1) is 5.92 Å². The van der Waals surface area contributed by atoms with E-state index in [0.29, 0.717) is 13.1 Å². The minimum absolute atomic E-state index is 0.0127. The second-order valence-corrected chi connectivity index (χ2v) is 6.56. The lowest BCUT2D eigenvalue weighted by Crippen LogP contribution is -2.39. The monoisotopic (exact) mass is 321 g/mol. The van der Waals surface area contributed by atoms with Crippen LogP contribution < -0.4 is 4.90 Å². The number of carbonyl (C=O) groups is 2. The standard InChI is InChI=1S/C19H19N3O2/c1-12-7-13-10-22(11-14(13)9-20-12)19(24)16-8-18(23)21(2)17-6-4-3-5-15(16)17/h3-7,9,16H,8,10-11H2,1-2H3. The van der Waals surface area contributed by atoms with Crippen LogP contribution in [-0.4, -0.2) is 28.7 Å². The Morgan fingerprint density at radius 2 is 1.96 bits per heavy atom. The number of carbonyl (C=O) groups excluding carboxylic acids is 2. The van der Waals surface area contributed by atoms with Crippen molar-refractivity contribution in [3.8, 4) is 0 Å². The molecule has 122 valence electrons. The molecule has 4 rings (SSSR count). The molecule has 0 saturated heterocycles. The van der Waals surface area contributed by atoms with Crippen LogP contribution in [0.25, 0.3) is 0 Å². The molecule has 0 bridgehead atoms. The van der Waals surface area contributed by atoms with E-state index < -0.39 is 5.92 Å². The summed E-state index contributed by atoms with van der Waals surface area (Å²) in [7, 11) is 1.77. The van der Waals surface area contributed by atoms with Crippen molar-refractivity contribution in [3.05, 3.63) is 58.9 Å². The molecule has 2 aliphatic heterocycles. The lowest BCUT2D eigenvalue weighted by Gasteiger charge is -2.32. The van der Waals surface area contributed by atoms with Crippen molar-refractivity contribution in [1.29, 1.82) is 0 Å². The van der Waals surface area contributed by atoms with Crippen molar-refractivity contribution in [2.24, 2.45) is 0 Å². The van der Waals surface area contributed by atoms with Gasteiger partial charge in [-0.15, -0.1) is 0 Å². The van der Waals surface area contributed by atoms with Crippen molar-refractivity contribution in [1.82, 2.24) is 9.88 Å². The predicted octanol–water partition coefficient (Wildman–Crippen LogP) is 2.38. The van der Waals surface area contributed by atoms with Gasteiger partial charge in [-0.1, -0.05) is 18.2 Å². The summed E-state index contributed by atoms with van der Waals surface area (Å²) in [5.74, 6) is -0.382. The summed E-state index contributed by atoms with van der Waals surface area (Å²) in [4.78, 5) is 33.2. The number of para-hydroxylation sites is 1. The molecular weight excluding hydrogens is 302 g/mol. The molecule has 1 aromatic heterocycles. The van der Waals surface area contributed by atoms with Gasteiger partial charge in [0, 0.05) is 44.1 Å². The van der Waals surface area contributed by atoms with Crippen molar-refractivity contribution >= 4 is 17.5 Å². The molecule has 2 aromatic rings. The van der Waals surface area contributed by atoms with Gasteiger partial charge < -0.3 is 9.80 Å². The summed E-state index contributed by atoms with van der Waals surface area (Å²) in [5.41, 5.74) is 4.99. The van der Waals surface area contributed by atoms with Crippen molar-refractivity contribution in [2.45, 2.75) is 32.4 Å². The van der Waals surface area contributed by atoms with Gasteiger partial charge in [-0.3, -0.25) is 14.6 Å². The fourth-order valence-corrected chi connectivity index (χ4v) is 3.64. The maximum absolute atomic E-state index is 13.1. The van der Waals surface area contributed by atoms with E-state index in [-0.39, 0.29) is 18.2 Å². The molecule has 0 N–H and O–H groups in total. The second-order valence-electron chi connectivity index (χ2n) is 6.56. The highest BCUT2D eigenvalue weighted by Crippen LogP contribution is 2.37. The Morgan fingerprint density at radius 3 is 2.79 bits per heavy atom. The van der Waals surface area contributed by atoms with Gasteiger partial charge in [0.15, 0.2) is 0 Å². The SMILES string of the molecule is Cc1cc2c(cn1)CN(C(=O)C1CC(=O)N(C)c3ccccc31)C2. The van der Waals surface area contributed by atoms with Crippen LogP contribution >= 0.6 is 0 Å². The number of fused-ring (bicyclic) bond motifs is 2. The zero-order valence-electron chi connectivity index (χ0n) is 13.8. The first kappa shape index (κ1) is 14.9. The molecule has 1 aromatic carbocycles. The van der Waals surface area contributed by atoms with Gasteiger partial charge in [0.25, 0.3) is 0 Å². The number of nitrogens with zero attached hydrogens (tertiary/aromatic N) is 3. The maximum atomic E-state index is 13.1. The second kappa shape index (κ2) is 5.44. The zero-order valence-corrected chi connectivity index (χ0v) is 13.8. The highest BCUT2D eigenvalue weighted by atomic mass is 16.2. The molecule has 2 amide bonds. The predicted molar refractivity (Wildman–Crippen MR) is 90.4 cm³/mol. The third-order valence-corrected chi connectivity index (χ3v) is 4.98. The quantitative estimate of drug-likeness (QED) is 0.810. The minimum atomic E-state index is -0.395. The lowest BCUT2D eigenvalue weighted by molar-refractivity contribution is -0.135. The number of aryl methyl sites for hydroxylation is 1. The van der Waals surface area contributed by atoms with E-state index >= 15 is 0 Å². The van der Waals surface area contributed by atoms with Crippen LogP contribution in [0.15, 0.2) is 36.5 Å². The van der Waals surface area contributed by atoms with Crippen LogP contribution in [0.1, 0.15) is 34.7 Å². The third-order valence-electron chi connectivity index (χ3n) is 4.98. The smallest absolute Gasteiger partial charge is 0.231 e.